The Balaban J connectivity index is 0.934. The van der Waals surface area contributed by atoms with Gasteiger partial charge in [-0.05, 0) is 13.3 Å². The smallest absolute Gasteiger partial charge is 0.186 e. The summed E-state index contributed by atoms with van der Waals surface area (Å²) in [5.41, 5.74) is 0. The summed E-state index contributed by atoms with van der Waals surface area (Å²) in [5, 5.41) is 190. The van der Waals surface area contributed by atoms with Crippen LogP contribution in [0.2, 0.25) is 0 Å². The maximum absolute atomic E-state index is 11.1. The first-order valence-electron chi connectivity index (χ1n) is 25.5. The molecule has 0 spiro atoms. The van der Waals surface area contributed by atoms with Crippen molar-refractivity contribution < 1.29 is 144 Å². The van der Waals surface area contributed by atoms with Crippen LogP contribution in [-0.2, 0) is 52.1 Å². The quantitative estimate of drug-likeness (QED) is 0.0427. The van der Waals surface area contributed by atoms with E-state index in [0.717, 1.165) is 0 Å². The Kier molecular flexibility index (Phi) is 24.4. The van der Waals surface area contributed by atoms with Crippen LogP contribution < -0.4 is 0 Å². The molecule has 0 saturated carbocycles. The molecule has 29 nitrogen and oxygen atoms in total. The fourth-order valence-electron chi connectivity index (χ4n) is 10.6. The molecule has 0 aromatic rings. The highest BCUT2D eigenvalue weighted by atomic mass is 16.7. The van der Waals surface area contributed by atoms with Crippen molar-refractivity contribution >= 4 is 0 Å². The van der Waals surface area contributed by atoms with Crippen LogP contribution in [-0.4, -0.2) is 337 Å². The summed E-state index contributed by atoms with van der Waals surface area (Å²) in [6.45, 7) is -2.50. The Morgan fingerprint density at radius 3 is 0.933 bits per heavy atom. The van der Waals surface area contributed by atoms with Gasteiger partial charge < -0.3 is 144 Å². The minimum Gasteiger partial charge on any atom is -0.394 e. The molecular weight excluding hydrogens is 1020 g/mol. The van der Waals surface area contributed by atoms with Crippen molar-refractivity contribution in [3.05, 3.63) is 0 Å². The van der Waals surface area contributed by atoms with Gasteiger partial charge in [0.25, 0.3) is 0 Å². The normalized spacial score (nSPS) is 49.0. The third-order valence-electron chi connectivity index (χ3n) is 15.5. The van der Waals surface area contributed by atoms with Crippen LogP contribution in [0.1, 0.15) is 20.3 Å². The highest BCUT2D eigenvalue weighted by molar-refractivity contribution is 4.98. The molecule has 6 fully saturated rings. The van der Waals surface area contributed by atoms with Crippen molar-refractivity contribution in [3.8, 4) is 0 Å². The zero-order valence-electron chi connectivity index (χ0n) is 41.8. The maximum Gasteiger partial charge on any atom is 0.186 e. The van der Waals surface area contributed by atoms with Gasteiger partial charge in [-0.15, -0.1) is 0 Å². The molecule has 75 heavy (non-hydrogen) atoms. The van der Waals surface area contributed by atoms with Crippen LogP contribution in [0.4, 0.5) is 0 Å². The van der Waals surface area contributed by atoms with Gasteiger partial charge in [0.2, 0.25) is 0 Å². The highest BCUT2D eigenvalue weighted by Crippen LogP contribution is 2.34. The monoisotopic (exact) mass is 1100 g/mol. The van der Waals surface area contributed by atoms with Crippen LogP contribution in [0.25, 0.3) is 0 Å². The minimum atomic E-state index is -1.82. The molecule has 0 aromatic carbocycles. The minimum absolute atomic E-state index is 0.219. The van der Waals surface area contributed by atoms with E-state index >= 15 is 0 Å². The molecule has 18 N–H and O–H groups in total. The molecule has 0 amide bonds. The molecule has 6 heterocycles. The van der Waals surface area contributed by atoms with Crippen LogP contribution in [0, 0.1) is 23.7 Å². The van der Waals surface area contributed by atoms with Crippen molar-refractivity contribution in [2.24, 2.45) is 23.7 Å². The van der Waals surface area contributed by atoms with E-state index in [1.165, 1.54) is 0 Å². The van der Waals surface area contributed by atoms with E-state index < -0.39 is 235 Å². The zero-order valence-corrected chi connectivity index (χ0v) is 41.8. The predicted molar refractivity (Wildman–Crippen MR) is 244 cm³/mol. The average Bonchev–Trinajstić information content (AvgIpc) is 3.40. The fraction of sp³-hybridized carbons (Fsp3) is 1.00. The van der Waals surface area contributed by atoms with Gasteiger partial charge in [-0.2, -0.15) is 0 Å². The Morgan fingerprint density at radius 2 is 0.560 bits per heavy atom. The molecule has 12 unspecified atom stereocenters. The number of ether oxygens (including phenoxy) is 11. The third-order valence-corrected chi connectivity index (χ3v) is 15.5. The van der Waals surface area contributed by atoms with Gasteiger partial charge in [0.1, 0.15) is 91.6 Å². The lowest BCUT2D eigenvalue weighted by Gasteiger charge is -2.45. The molecule has 0 aliphatic carbocycles. The molecule has 29 heteroatoms. The number of aliphatic hydroxyl groups is 18. The van der Waals surface area contributed by atoms with E-state index in [9.17, 15) is 91.9 Å². The summed E-state index contributed by atoms with van der Waals surface area (Å²) in [6, 6.07) is 0. The lowest BCUT2D eigenvalue weighted by atomic mass is 9.87. The lowest BCUT2D eigenvalue weighted by molar-refractivity contribution is -0.311. The van der Waals surface area contributed by atoms with E-state index in [2.05, 4.69) is 0 Å². The molecule has 6 saturated heterocycles. The Morgan fingerprint density at radius 1 is 0.280 bits per heavy atom. The number of rotatable bonds is 24. The van der Waals surface area contributed by atoms with Crippen molar-refractivity contribution in [2.45, 2.75) is 179 Å². The van der Waals surface area contributed by atoms with Gasteiger partial charge in [-0.1, -0.05) is 6.92 Å². The van der Waals surface area contributed by atoms with E-state index in [4.69, 9.17) is 52.1 Å². The van der Waals surface area contributed by atoms with Gasteiger partial charge in [-0.3, -0.25) is 0 Å². The van der Waals surface area contributed by atoms with Crippen LogP contribution in [0.15, 0.2) is 0 Å². The van der Waals surface area contributed by atoms with E-state index in [-0.39, 0.29) is 33.0 Å². The summed E-state index contributed by atoms with van der Waals surface area (Å²) in [6.07, 6.45) is -34.9. The van der Waals surface area contributed by atoms with E-state index in [1.807, 2.05) is 0 Å². The highest BCUT2D eigenvalue weighted by Gasteiger charge is 2.51. The first-order valence-corrected chi connectivity index (χ1v) is 25.5. The van der Waals surface area contributed by atoms with Gasteiger partial charge in [0, 0.05) is 23.7 Å². The van der Waals surface area contributed by atoms with Crippen molar-refractivity contribution in [3.63, 3.8) is 0 Å². The van der Waals surface area contributed by atoms with Crippen molar-refractivity contribution in [2.75, 3.05) is 85.9 Å². The molecule has 6 aliphatic rings. The summed E-state index contributed by atoms with van der Waals surface area (Å²) in [4.78, 5) is 0. The molecule has 0 aromatic heterocycles. The third kappa shape index (κ3) is 14.7. The van der Waals surface area contributed by atoms with Crippen molar-refractivity contribution in [1.29, 1.82) is 0 Å². The molecule has 440 valence electrons. The molecular formula is C46H82O29. The Labute approximate surface area is 432 Å². The Hall–Kier alpha value is -1.16. The average molecular weight is 1100 g/mol. The van der Waals surface area contributed by atoms with Crippen LogP contribution in [0.3, 0.4) is 0 Å². The van der Waals surface area contributed by atoms with Gasteiger partial charge >= 0.3 is 0 Å². The Bertz CT molecular complexity index is 1640. The molecule has 0 bridgehead atoms. The van der Waals surface area contributed by atoms with Crippen LogP contribution >= 0.6 is 0 Å². The molecule has 0 radical (unpaired) electrons. The summed E-state index contributed by atoms with van der Waals surface area (Å²) in [5.74, 6) is -3.96. The molecule has 6 aliphatic heterocycles. The summed E-state index contributed by atoms with van der Waals surface area (Å²) < 4.78 is 62.8. The summed E-state index contributed by atoms with van der Waals surface area (Å²) >= 11 is 0. The van der Waals surface area contributed by atoms with Crippen LogP contribution in [0.5, 0.6) is 0 Å². The number of hydrogen-bond donors (Lipinski definition) is 18. The second-order valence-corrected chi connectivity index (χ2v) is 20.4. The zero-order chi connectivity index (χ0) is 55.0. The second kappa shape index (κ2) is 29.0. The van der Waals surface area contributed by atoms with E-state index in [0.29, 0.717) is 6.42 Å². The number of aliphatic hydroxyl groups excluding tert-OH is 18. The topological polar surface area (TPSA) is 466 Å². The second-order valence-electron chi connectivity index (χ2n) is 20.4. The number of hydrogen-bond acceptors (Lipinski definition) is 29. The fourth-order valence-corrected chi connectivity index (χ4v) is 10.6. The predicted octanol–water partition coefficient (Wildman–Crippen LogP) is -10.5. The molecule has 6 rings (SSSR count). The largest absolute Gasteiger partial charge is 0.394 e. The first kappa shape index (κ1) is 63.0. The molecule has 30 atom stereocenters. The standard InChI is InChI=1S/C46H82O29/c1-3-22-37(56)43(62)40(59)29(71-22)14-66-9-19-24(5-48)73-28(39(58)34(19)53)13-68-11-21-26(7-50)75-46(45(64)36(21)55)69-16-31-42(61)44(63)41(60)30(74-31)15-67-10-20-25(6-49)72-27(38(57)35(20)54)12-65-8-18-23(4-47)70-17(2)32(51)33(18)52/h17-64H,3-16H2,1-2H3/t17-,18-,19-,20-,21-,22?,23?,24?,25?,26?,27-,28-,29-,30-,31?,32?,33-,34-,35-,36-,37-,38?,39?,40?,41?,42-,43-,44+,45?,46+/m1/s1. The van der Waals surface area contributed by atoms with Gasteiger partial charge in [0.05, 0.1) is 147 Å². The first-order chi connectivity index (χ1) is 35.7. The van der Waals surface area contributed by atoms with Gasteiger partial charge in [0.15, 0.2) is 6.29 Å². The lowest BCUT2D eigenvalue weighted by Crippen LogP contribution is -2.61. The van der Waals surface area contributed by atoms with E-state index in [1.54, 1.807) is 13.8 Å². The SMILES string of the molecule is CCC1O[C@H](COC[C@@H]2C(CO)O[C@H](COC[C@@H]3C(CO)O[C@H](OCC4O[C@H](COC[C@@H]5C(CO)O[C@H](COC[C@@H]6C(CO)O[C@H](C)C(O)[C@@H]6O)C(O)[C@@H]5O)C(O)[C@H](O)[C@@H]4O)C(O)[C@@H]3O)C(O)[C@@H]2O)C(O)[C@H](O)[C@@H]1O. The summed E-state index contributed by atoms with van der Waals surface area (Å²) in [7, 11) is 0. The van der Waals surface area contributed by atoms with Gasteiger partial charge in [-0.25, -0.2) is 0 Å². The maximum atomic E-state index is 11.1. The van der Waals surface area contributed by atoms with Crippen molar-refractivity contribution in [1.82, 2.24) is 0 Å².